The number of carbonyl (C=O) groups excluding carboxylic acids is 2. The van der Waals surface area contributed by atoms with Crippen LogP contribution >= 0.6 is 0 Å². The van der Waals surface area contributed by atoms with Crippen molar-refractivity contribution in [3.63, 3.8) is 0 Å². The van der Waals surface area contributed by atoms with E-state index in [1.165, 1.54) is 6.07 Å². The summed E-state index contributed by atoms with van der Waals surface area (Å²) in [6, 6.07) is 9.67. The largest absolute Gasteiger partial charge is 0.450 e. The van der Waals surface area contributed by atoms with Crippen molar-refractivity contribution in [1.29, 1.82) is 0 Å². The highest BCUT2D eigenvalue weighted by atomic mass is 16.6. The Kier molecular flexibility index (Phi) is 9.81. The average Bonchev–Trinajstić information content (AvgIpc) is 2.79. The number of carbonyl (C=O) groups is 2. The minimum Gasteiger partial charge on any atom is -0.450 e. The summed E-state index contributed by atoms with van der Waals surface area (Å²) in [4.78, 5) is 37.9. The fourth-order valence-electron chi connectivity index (χ4n) is 2.56. The van der Waals surface area contributed by atoms with Crippen LogP contribution in [0.15, 0.2) is 36.4 Å². The highest BCUT2D eigenvalue weighted by Crippen LogP contribution is 2.32. The number of amides is 1. The molecule has 1 aromatic carbocycles. The first kappa shape index (κ1) is 24.5. The number of nitro groups is 1. The van der Waals surface area contributed by atoms with Crippen LogP contribution in [0.2, 0.25) is 0 Å². The number of hydrogen-bond acceptors (Lipinski definition) is 10. The van der Waals surface area contributed by atoms with Crippen LogP contribution in [0.25, 0.3) is 0 Å². The van der Waals surface area contributed by atoms with Gasteiger partial charge in [-0.2, -0.15) is 0 Å². The SMILES string of the molecule is C1COCCO1.CCOC(=O)Nc1cc(NCC(=O)c2ccccc2)c([N+](=O)[O-])c(N)n1. The highest BCUT2D eigenvalue weighted by Gasteiger charge is 2.22. The second-order valence-electron chi connectivity index (χ2n) is 6.26. The summed E-state index contributed by atoms with van der Waals surface area (Å²) in [5.41, 5.74) is 5.54. The number of hydrogen-bond donors (Lipinski definition) is 3. The molecule has 3 rings (SSSR count). The van der Waals surface area contributed by atoms with Gasteiger partial charge in [0.15, 0.2) is 5.78 Å². The molecule has 1 fully saturated rings. The van der Waals surface area contributed by atoms with E-state index in [0.29, 0.717) is 5.56 Å². The Morgan fingerprint density at radius 3 is 2.34 bits per heavy atom. The molecule has 12 nitrogen and oxygen atoms in total. The smallest absolute Gasteiger partial charge is 0.412 e. The lowest BCUT2D eigenvalue weighted by Crippen LogP contribution is -2.18. The fraction of sp³-hybridized carbons (Fsp3) is 0.350. The summed E-state index contributed by atoms with van der Waals surface area (Å²) in [5.74, 6) is -0.713. The molecule has 2 heterocycles. The molecule has 1 aromatic heterocycles. The lowest BCUT2D eigenvalue weighted by molar-refractivity contribution is -0.383. The maximum absolute atomic E-state index is 12.2. The summed E-state index contributed by atoms with van der Waals surface area (Å²) in [6.45, 7) is 4.68. The fourth-order valence-corrected chi connectivity index (χ4v) is 2.56. The molecular formula is C20H25N5O7. The summed E-state index contributed by atoms with van der Waals surface area (Å²) in [5, 5.41) is 16.2. The van der Waals surface area contributed by atoms with Crippen LogP contribution in [0.1, 0.15) is 17.3 Å². The minimum absolute atomic E-state index is 0.0405. The molecular weight excluding hydrogens is 422 g/mol. The first-order valence-corrected chi connectivity index (χ1v) is 9.78. The summed E-state index contributed by atoms with van der Waals surface area (Å²) < 4.78 is 14.6. The molecule has 0 aliphatic carbocycles. The molecule has 32 heavy (non-hydrogen) atoms. The topological polar surface area (TPSA) is 168 Å². The zero-order valence-corrected chi connectivity index (χ0v) is 17.5. The molecule has 4 N–H and O–H groups in total. The number of anilines is 3. The quantitative estimate of drug-likeness (QED) is 0.326. The number of nitrogens with one attached hydrogen (secondary N) is 2. The van der Waals surface area contributed by atoms with Crippen LogP contribution in [0.5, 0.6) is 0 Å². The Bertz CT molecular complexity index is 909. The van der Waals surface area contributed by atoms with E-state index in [1.54, 1.807) is 37.3 Å². The monoisotopic (exact) mass is 447 g/mol. The van der Waals surface area contributed by atoms with Gasteiger partial charge in [0.1, 0.15) is 11.5 Å². The number of pyridine rings is 1. The van der Waals surface area contributed by atoms with Gasteiger partial charge in [-0.05, 0) is 6.92 Å². The maximum atomic E-state index is 12.2. The Labute approximate surface area is 184 Å². The maximum Gasteiger partial charge on any atom is 0.412 e. The molecule has 0 unspecified atom stereocenters. The average molecular weight is 447 g/mol. The predicted octanol–water partition coefficient (Wildman–Crippen LogP) is 2.47. The minimum atomic E-state index is -0.778. The van der Waals surface area contributed by atoms with Crippen LogP contribution in [0, 0.1) is 10.1 Å². The summed E-state index contributed by atoms with van der Waals surface area (Å²) >= 11 is 0. The molecule has 12 heteroatoms. The molecule has 0 atom stereocenters. The van der Waals surface area contributed by atoms with Gasteiger partial charge in [-0.3, -0.25) is 20.2 Å². The first-order valence-electron chi connectivity index (χ1n) is 9.78. The lowest BCUT2D eigenvalue weighted by Gasteiger charge is -2.11. The Morgan fingerprint density at radius 2 is 1.81 bits per heavy atom. The van der Waals surface area contributed by atoms with Crippen molar-refractivity contribution < 1.29 is 28.7 Å². The standard InChI is InChI=1S/C16H17N5O5.C4H8O2/c1-2-26-16(23)20-13-8-11(14(21(24)25)15(17)19-13)18-9-12(22)10-6-4-3-5-7-10;1-2-6-4-3-5-1/h3-8H,2,9H2,1H3,(H4,17,18,19,20,23);1-4H2. The number of ketones is 1. The van der Waals surface area contributed by atoms with Gasteiger partial charge < -0.3 is 25.3 Å². The van der Waals surface area contributed by atoms with Crippen molar-refractivity contribution in [2.75, 3.05) is 55.9 Å². The molecule has 1 aliphatic heterocycles. The van der Waals surface area contributed by atoms with Gasteiger partial charge in [0.2, 0.25) is 5.82 Å². The third kappa shape index (κ3) is 7.81. The normalized spacial score (nSPS) is 12.7. The van der Waals surface area contributed by atoms with Crippen molar-refractivity contribution in [2.24, 2.45) is 0 Å². The predicted molar refractivity (Wildman–Crippen MR) is 117 cm³/mol. The van der Waals surface area contributed by atoms with Gasteiger partial charge in [-0.15, -0.1) is 0 Å². The van der Waals surface area contributed by atoms with Crippen LogP contribution in [0.4, 0.5) is 27.8 Å². The summed E-state index contributed by atoms with van der Waals surface area (Å²) in [7, 11) is 0. The molecule has 0 radical (unpaired) electrons. The first-order chi connectivity index (χ1) is 15.4. The van der Waals surface area contributed by atoms with Gasteiger partial charge in [0.25, 0.3) is 0 Å². The van der Waals surface area contributed by atoms with E-state index in [-0.39, 0.29) is 30.4 Å². The van der Waals surface area contributed by atoms with Crippen LogP contribution < -0.4 is 16.4 Å². The molecule has 1 amide bonds. The Balaban J connectivity index is 0.000000520. The molecule has 1 aliphatic rings. The van der Waals surface area contributed by atoms with E-state index >= 15 is 0 Å². The zero-order chi connectivity index (χ0) is 23.3. The third-order valence-electron chi connectivity index (χ3n) is 3.99. The van der Waals surface area contributed by atoms with E-state index in [4.69, 9.17) is 19.9 Å². The number of aromatic nitrogens is 1. The molecule has 0 saturated carbocycles. The van der Waals surface area contributed by atoms with Gasteiger partial charge in [-0.25, -0.2) is 9.78 Å². The van der Waals surface area contributed by atoms with E-state index in [2.05, 4.69) is 15.6 Å². The second kappa shape index (κ2) is 12.8. The highest BCUT2D eigenvalue weighted by molar-refractivity contribution is 5.99. The van der Waals surface area contributed by atoms with Crippen molar-refractivity contribution in [3.8, 4) is 0 Å². The number of nitrogens with two attached hydrogens (primary N) is 1. The van der Waals surface area contributed by atoms with Crippen molar-refractivity contribution >= 4 is 34.9 Å². The van der Waals surface area contributed by atoms with Crippen molar-refractivity contribution in [3.05, 3.63) is 52.1 Å². The van der Waals surface area contributed by atoms with Crippen molar-refractivity contribution in [1.82, 2.24) is 4.98 Å². The number of rotatable bonds is 7. The molecule has 1 saturated heterocycles. The van der Waals surface area contributed by atoms with E-state index < -0.39 is 22.5 Å². The number of benzene rings is 1. The Morgan fingerprint density at radius 1 is 1.19 bits per heavy atom. The number of nitrogens with zero attached hydrogens (tertiary/aromatic N) is 2. The van der Waals surface area contributed by atoms with Crippen LogP contribution in [-0.4, -0.2) is 61.4 Å². The number of nitrogen functional groups attached to an aromatic ring is 1. The van der Waals surface area contributed by atoms with Gasteiger partial charge >= 0.3 is 11.8 Å². The van der Waals surface area contributed by atoms with Crippen LogP contribution in [0.3, 0.4) is 0 Å². The second-order valence-corrected chi connectivity index (χ2v) is 6.26. The summed E-state index contributed by atoms with van der Waals surface area (Å²) in [6.07, 6.45) is -0.778. The third-order valence-corrected chi connectivity index (χ3v) is 3.99. The molecule has 0 bridgehead atoms. The van der Waals surface area contributed by atoms with Crippen molar-refractivity contribution in [2.45, 2.75) is 6.92 Å². The number of Topliss-reactive ketones (excluding diaryl/α,β-unsaturated/α-hetero) is 1. The Hall–Kier alpha value is -3.77. The van der Waals surface area contributed by atoms with Gasteiger partial charge in [0.05, 0.1) is 44.5 Å². The van der Waals surface area contributed by atoms with E-state index in [0.717, 1.165) is 26.4 Å². The van der Waals surface area contributed by atoms with Gasteiger partial charge in [0, 0.05) is 11.6 Å². The molecule has 2 aromatic rings. The van der Waals surface area contributed by atoms with Gasteiger partial charge in [-0.1, -0.05) is 30.3 Å². The lowest BCUT2D eigenvalue weighted by atomic mass is 10.1. The van der Waals surface area contributed by atoms with Crippen LogP contribution in [-0.2, 0) is 14.2 Å². The van der Waals surface area contributed by atoms with E-state index in [9.17, 15) is 19.7 Å². The molecule has 172 valence electrons. The zero-order valence-electron chi connectivity index (χ0n) is 17.5. The number of ether oxygens (including phenoxy) is 3. The molecule has 0 spiro atoms. The van der Waals surface area contributed by atoms with E-state index in [1.807, 2.05) is 0 Å².